The highest BCUT2D eigenvalue weighted by Crippen LogP contribution is 2.21. The van der Waals surface area contributed by atoms with Gasteiger partial charge in [-0.2, -0.15) is 0 Å². The molecule has 248 valence electrons. The Kier molecular flexibility index (Phi) is 12.6. The molecular formula is C33H46N8O5. The van der Waals surface area contributed by atoms with Crippen LogP contribution < -0.4 is 16.0 Å². The van der Waals surface area contributed by atoms with Crippen LogP contribution in [0.1, 0.15) is 32.8 Å². The van der Waals surface area contributed by atoms with Crippen LogP contribution >= 0.6 is 0 Å². The van der Waals surface area contributed by atoms with E-state index in [1.807, 2.05) is 51.1 Å². The third-order valence-electron chi connectivity index (χ3n) is 7.28. The van der Waals surface area contributed by atoms with Crippen LogP contribution in [-0.2, 0) is 25.5 Å². The lowest BCUT2D eigenvalue weighted by molar-refractivity contribution is -0.150. The molecule has 0 aliphatic carbocycles. The van der Waals surface area contributed by atoms with Crippen molar-refractivity contribution in [2.45, 2.75) is 45.4 Å². The number of rotatable bonds is 14. The van der Waals surface area contributed by atoms with Crippen molar-refractivity contribution in [1.82, 2.24) is 30.1 Å². The number of piperazine rings is 1. The number of alkyl carbamates (subject to hydrolysis) is 1. The molecule has 13 heteroatoms. The van der Waals surface area contributed by atoms with E-state index in [2.05, 4.69) is 47.9 Å². The lowest BCUT2D eigenvalue weighted by Gasteiger charge is -2.37. The topological polar surface area (TPSA) is 143 Å². The van der Waals surface area contributed by atoms with Gasteiger partial charge in [0.2, 0.25) is 5.95 Å². The second-order valence-corrected chi connectivity index (χ2v) is 12.0. The molecule has 1 amide bonds. The summed E-state index contributed by atoms with van der Waals surface area (Å²) < 4.78 is 15.5. The largest absolute Gasteiger partial charge is 0.468 e. The molecular weight excluding hydrogens is 588 g/mol. The number of nitrogens with zero attached hydrogens (tertiary/aromatic N) is 5. The molecule has 1 aromatic carbocycles. The lowest BCUT2D eigenvalue weighted by Crippen LogP contribution is -2.54. The molecule has 0 radical (unpaired) electrons. The summed E-state index contributed by atoms with van der Waals surface area (Å²) >= 11 is 0. The van der Waals surface area contributed by atoms with Crippen molar-refractivity contribution in [2.24, 2.45) is 0 Å². The number of anilines is 3. The van der Waals surface area contributed by atoms with Crippen molar-refractivity contribution in [2.75, 3.05) is 70.7 Å². The summed E-state index contributed by atoms with van der Waals surface area (Å²) in [5.41, 5.74) is 3.19. The van der Waals surface area contributed by atoms with Crippen LogP contribution in [0.3, 0.4) is 0 Å². The third kappa shape index (κ3) is 10.9. The van der Waals surface area contributed by atoms with E-state index in [9.17, 15) is 9.59 Å². The molecule has 2 aromatic heterocycles. The standard InChI is InChI=1S/C33H46N8O5/c1-33(2,3)46-32(43)36-14-7-13-34-29-11-10-25(21-37-29)27-12-15-35-31(39-27)38-26-9-6-8-24(20-26)22-40-16-18-41(19-17-40)28(23-44-4)30(42)45-5/h6,8-12,15,20-21,28H,7,13-14,16-19,22-23H2,1-5H3,(H,34,37)(H,36,43)(H,35,38,39). The predicted octanol–water partition coefficient (Wildman–Crippen LogP) is 3.91. The second-order valence-electron chi connectivity index (χ2n) is 12.0. The summed E-state index contributed by atoms with van der Waals surface area (Å²) in [6, 6.07) is 13.6. The van der Waals surface area contributed by atoms with E-state index < -0.39 is 11.7 Å². The molecule has 3 N–H and O–H groups in total. The average molecular weight is 635 g/mol. The Labute approximate surface area is 271 Å². The summed E-state index contributed by atoms with van der Waals surface area (Å²) in [5, 5.41) is 9.35. The van der Waals surface area contributed by atoms with Gasteiger partial charge in [0.15, 0.2) is 0 Å². The van der Waals surface area contributed by atoms with E-state index in [-0.39, 0.29) is 12.0 Å². The van der Waals surface area contributed by atoms with Crippen molar-refractivity contribution >= 4 is 29.5 Å². The molecule has 0 bridgehead atoms. The van der Waals surface area contributed by atoms with Crippen LogP contribution in [0.4, 0.5) is 22.2 Å². The van der Waals surface area contributed by atoms with E-state index in [1.165, 1.54) is 12.7 Å². The Morgan fingerprint density at radius 2 is 1.80 bits per heavy atom. The van der Waals surface area contributed by atoms with Crippen molar-refractivity contribution in [3.8, 4) is 11.3 Å². The molecule has 1 aliphatic rings. The molecule has 1 unspecified atom stereocenters. The molecule has 0 saturated carbocycles. The fourth-order valence-electron chi connectivity index (χ4n) is 5.02. The van der Waals surface area contributed by atoms with E-state index in [0.29, 0.717) is 25.6 Å². The van der Waals surface area contributed by atoms with E-state index in [1.54, 1.807) is 19.5 Å². The van der Waals surface area contributed by atoms with Crippen molar-refractivity contribution < 1.29 is 23.8 Å². The lowest BCUT2D eigenvalue weighted by atomic mass is 10.1. The van der Waals surface area contributed by atoms with Gasteiger partial charge in [-0.1, -0.05) is 12.1 Å². The van der Waals surface area contributed by atoms with Crippen LogP contribution in [-0.4, -0.2) is 109 Å². The monoisotopic (exact) mass is 634 g/mol. The molecule has 1 fully saturated rings. The Hall–Kier alpha value is -4.33. The number of carbonyl (C=O) groups excluding carboxylic acids is 2. The minimum Gasteiger partial charge on any atom is -0.468 e. The number of ether oxygens (including phenoxy) is 3. The first-order valence-electron chi connectivity index (χ1n) is 15.5. The summed E-state index contributed by atoms with van der Waals surface area (Å²) in [4.78, 5) is 42.1. The maximum atomic E-state index is 12.2. The number of amides is 1. The minimum absolute atomic E-state index is 0.260. The number of methoxy groups -OCH3 is 2. The first kappa shape index (κ1) is 34.5. The predicted molar refractivity (Wildman–Crippen MR) is 177 cm³/mol. The smallest absolute Gasteiger partial charge is 0.407 e. The SMILES string of the molecule is COCC(C(=O)OC)N1CCN(Cc2cccc(Nc3nccc(-c4ccc(NCCCNC(=O)OC(C)(C)C)nc4)n3)c2)CC1. The van der Waals surface area contributed by atoms with Gasteiger partial charge in [0.05, 0.1) is 19.4 Å². The third-order valence-corrected chi connectivity index (χ3v) is 7.28. The Bertz CT molecular complexity index is 1410. The fourth-order valence-corrected chi connectivity index (χ4v) is 5.02. The average Bonchev–Trinajstić information content (AvgIpc) is 3.03. The molecule has 1 saturated heterocycles. The molecule has 1 atom stereocenters. The van der Waals surface area contributed by atoms with Gasteiger partial charge in [-0.15, -0.1) is 0 Å². The number of hydrogen-bond donors (Lipinski definition) is 3. The number of hydrogen-bond acceptors (Lipinski definition) is 12. The normalized spacial score (nSPS) is 14.7. The van der Waals surface area contributed by atoms with E-state index in [4.69, 9.17) is 19.2 Å². The number of benzene rings is 1. The first-order valence-corrected chi connectivity index (χ1v) is 15.5. The maximum Gasteiger partial charge on any atom is 0.407 e. The minimum atomic E-state index is -0.512. The van der Waals surface area contributed by atoms with Crippen molar-refractivity contribution in [3.63, 3.8) is 0 Å². The molecule has 0 spiro atoms. The summed E-state index contributed by atoms with van der Waals surface area (Å²) in [6.45, 7) is 11.0. The van der Waals surface area contributed by atoms with E-state index >= 15 is 0 Å². The zero-order chi connectivity index (χ0) is 32.9. The quantitative estimate of drug-likeness (QED) is 0.175. The van der Waals surface area contributed by atoms with Gasteiger partial charge in [0.1, 0.15) is 17.5 Å². The van der Waals surface area contributed by atoms with Crippen LogP contribution in [0.15, 0.2) is 54.9 Å². The van der Waals surface area contributed by atoms with E-state index in [0.717, 1.165) is 61.9 Å². The summed E-state index contributed by atoms with van der Waals surface area (Å²) in [5.74, 6) is 0.976. The number of carbonyl (C=O) groups is 2. The maximum absolute atomic E-state index is 12.2. The first-order chi connectivity index (χ1) is 22.1. The zero-order valence-electron chi connectivity index (χ0n) is 27.4. The number of nitrogens with one attached hydrogen (secondary N) is 3. The van der Waals surface area contributed by atoms with Crippen LogP contribution in [0, 0.1) is 0 Å². The number of pyridine rings is 1. The molecule has 1 aliphatic heterocycles. The highest BCUT2D eigenvalue weighted by Gasteiger charge is 2.29. The van der Waals surface area contributed by atoms with Gasteiger partial charge in [0.25, 0.3) is 0 Å². The summed E-state index contributed by atoms with van der Waals surface area (Å²) in [7, 11) is 3.01. The van der Waals surface area contributed by atoms with Gasteiger partial charge < -0.3 is 30.2 Å². The second kappa shape index (κ2) is 16.8. The Morgan fingerprint density at radius 1 is 1.00 bits per heavy atom. The van der Waals surface area contributed by atoms with Gasteiger partial charge in [-0.05, 0) is 63.1 Å². The van der Waals surface area contributed by atoms with Gasteiger partial charge in [-0.3, -0.25) is 14.6 Å². The van der Waals surface area contributed by atoms with Gasteiger partial charge in [-0.25, -0.2) is 19.7 Å². The zero-order valence-corrected chi connectivity index (χ0v) is 27.4. The molecule has 46 heavy (non-hydrogen) atoms. The molecule has 13 nitrogen and oxygen atoms in total. The number of esters is 1. The van der Waals surface area contributed by atoms with Crippen LogP contribution in [0.2, 0.25) is 0 Å². The van der Waals surface area contributed by atoms with Gasteiger partial charge in [0, 0.05) is 76.6 Å². The Morgan fingerprint density at radius 3 is 2.50 bits per heavy atom. The number of aromatic nitrogens is 3. The summed E-state index contributed by atoms with van der Waals surface area (Å²) in [6.07, 6.45) is 3.81. The fraction of sp³-hybridized carbons (Fsp3) is 0.485. The van der Waals surface area contributed by atoms with Crippen molar-refractivity contribution in [3.05, 3.63) is 60.4 Å². The Balaban J connectivity index is 1.25. The van der Waals surface area contributed by atoms with Gasteiger partial charge >= 0.3 is 12.1 Å². The highest BCUT2D eigenvalue weighted by atomic mass is 16.6. The molecule has 3 heterocycles. The van der Waals surface area contributed by atoms with Crippen LogP contribution in [0.5, 0.6) is 0 Å². The van der Waals surface area contributed by atoms with Crippen LogP contribution in [0.25, 0.3) is 11.3 Å². The highest BCUT2D eigenvalue weighted by molar-refractivity contribution is 5.75. The van der Waals surface area contributed by atoms with Crippen molar-refractivity contribution in [1.29, 1.82) is 0 Å². The molecule has 4 rings (SSSR count). The molecule has 3 aromatic rings.